The van der Waals surface area contributed by atoms with E-state index in [0.717, 1.165) is 36.9 Å². The largest absolute Gasteiger partial charge is 0.361 e. The second-order valence-corrected chi connectivity index (χ2v) is 10.6. The number of hydrogen-bond donors (Lipinski definition) is 1. The highest BCUT2D eigenvalue weighted by molar-refractivity contribution is 6.42. The molecule has 0 saturated heterocycles. The molecule has 0 bridgehead atoms. The Morgan fingerprint density at radius 1 is 0.944 bits per heavy atom. The van der Waals surface area contributed by atoms with Crippen LogP contribution in [0.25, 0.3) is 10.9 Å². The van der Waals surface area contributed by atoms with Gasteiger partial charge in [-0.2, -0.15) is 0 Å². The Kier molecular flexibility index (Phi) is 7.66. The van der Waals surface area contributed by atoms with E-state index in [0.29, 0.717) is 35.7 Å². The third-order valence-electron chi connectivity index (χ3n) is 6.94. The van der Waals surface area contributed by atoms with Crippen molar-refractivity contribution >= 4 is 40.0 Å². The van der Waals surface area contributed by atoms with Crippen molar-refractivity contribution in [2.45, 2.75) is 45.3 Å². The molecule has 1 amide bonds. The number of aryl methyl sites for hydroxylation is 1. The highest BCUT2D eigenvalue weighted by atomic mass is 35.5. The number of nitrogens with zero attached hydrogens (tertiary/aromatic N) is 2. The number of aromatic amines is 1. The lowest BCUT2D eigenvalue weighted by Gasteiger charge is -2.28. The summed E-state index contributed by atoms with van der Waals surface area (Å²) < 4.78 is 0. The molecule has 36 heavy (non-hydrogen) atoms. The van der Waals surface area contributed by atoms with Gasteiger partial charge in [-0.3, -0.25) is 9.69 Å². The van der Waals surface area contributed by atoms with Crippen molar-refractivity contribution in [3.8, 4) is 0 Å². The molecule has 1 heterocycles. The van der Waals surface area contributed by atoms with Gasteiger partial charge in [0.1, 0.15) is 0 Å². The maximum atomic E-state index is 13.7. The van der Waals surface area contributed by atoms with Gasteiger partial charge in [-0.1, -0.05) is 77.3 Å². The zero-order chi connectivity index (χ0) is 25.1. The molecule has 5 rings (SSSR count). The van der Waals surface area contributed by atoms with Crippen LogP contribution in [0, 0.1) is 6.92 Å². The van der Waals surface area contributed by atoms with E-state index < -0.39 is 0 Å². The fourth-order valence-corrected chi connectivity index (χ4v) is 5.02. The lowest BCUT2D eigenvalue weighted by Crippen LogP contribution is -2.41. The van der Waals surface area contributed by atoms with E-state index in [9.17, 15) is 4.79 Å². The second-order valence-electron chi connectivity index (χ2n) is 9.80. The summed E-state index contributed by atoms with van der Waals surface area (Å²) >= 11 is 12.4. The second kappa shape index (κ2) is 11.1. The van der Waals surface area contributed by atoms with Crippen LogP contribution in [0.15, 0.2) is 72.9 Å². The van der Waals surface area contributed by atoms with E-state index >= 15 is 0 Å². The molecular formula is C30H31Cl2N3O. The zero-order valence-electron chi connectivity index (χ0n) is 20.5. The molecule has 186 valence electrons. The summed E-state index contributed by atoms with van der Waals surface area (Å²) in [5, 5.41) is 2.24. The third kappa shape index (κ3) is 6.12. The van der Waals surface area contributed by atoms with Crippen LogP contribution in [-0.4, -0.2) is 39.8 Å². The van der Waals surface area contributed by atoms with Crippen LogP contribution < -0.4 is 0 Å². The molecule has 1 aliphatic rings. The number of carbonyl (C=O) groups excluding carboxylic acids is 1. The summed E-state index contributed by atoms with van der Waals surface area (Å²) in [6, 6.07) is 23.0. The Morgan fingerprint density at radius 2 is 1.69 bits per heavy atom. The standard InChI is InChI=1S/C30H31Cl2N3O/c1-21-6-8-22(9-7-21)18-35(25-11-12-25)20-30(36)34(19-23-10-13-27(31)28(32)16-23)15-14-24-17-33-29-5-3-2-4-26(24)29/h2-10,13,16-17,25,33H,11-12,14-15,18-20H2,1H3. The van der Waals surface area contributed by atoms with Crippen molar-refractivity contribution < 1.29 is 4.79 Å². The van der Waals surface area contributed by atoms with Crippen molar-refractivity contribution in [3.63, 3.8) is 0 Å². The van der Waals surface area contributed by atoms with Crippen LogP contribution in [-0.2, 0) is 24.3 Å². The minimum Gasteiger partial charge on any atom is -0.361 e. The fourth-order valence-electron chi connectivity index (χ4n) is 4.70. The first-order valence-electron chi connectivity index (χ1n) is 12.5. The van der Waals surface area contributed by atoms with Gasteiger partial charge in [0.25, 0.3) is 0 Å². The number of H-pyrrole nitrogens is 1. The molecule has 1 aliphatic carbocycles. The average Bonchev–Trinajstić information content (AvgIpc) is 3.65. The van der Waals surface area contributed by atoms with Gasteiger partial charge in [0.2, 0.25) is 5.91 Å². The van der Waals surface area contributed by atoms with Crippen molar-refractivity contribution in [1.29, 1.82) is 0 Å². The number of amides is 1. The predicted octanol–water partition coefficient (Wildman–Crippen LogP) is 7.02. The third-order valence-corrected chi connectivity index (χ3v) is 7.68. The number of nitrogens with one attached hydrogen (secondary N) is 1. The minimum absolute atomic E-state index is 0.139. The van der Waals surface area contributed by atoms with Crippen molar-refractivity contribution in [1.82, 2.24) is 14.8 Å². The molecule has 1 aromatic heterocycles. The first-order chi connectivity index (χ1) is 17.5. The van der Waals surface area contributed by atoms with Crippen molar-refractivity contribution in [2.75, 3.05) is 13.1 Å². The van der Waals surface area contributed by atoms with E-state index in [1.54, 1.807) is 6.07 Å². The Bertz CT molecular complexity index is 1340. The van der Waals surface area contributed by atoms with Crippen LogP contribution in [0.4, 0.5) is 0 Å². The Hall–Kier alpha value is -2.79. The maximum absolute atomic E-state index is 13.7. The molecule has 0 unspecified atom stereocenters. The molecule has 4 aromatic rings. The summed E-state index contributed by atoms with van der Waals surface area (Å²) in [7, 11) is 0. The topological polar surface area (TPSA) is 39.3 Å². The van der Waals surface area contributed by atoms with E-state index in [1.807, 2.05) is 23.1 Å². The molecule has 1 fully saturated rings. The predicted molar refractivity (Wildman–Crippen MR) is 148 cm³/mol. The van der Waals surface area contributed by atoms with E-state index in [-0.39, 0.29) is 5.91 Å². The molecule has 1 saturated carbocycles. The molecule has 3 aromatic carbocycles. The number of halogens is 2. The van der Waals surface area contributed by atoms with Crippen LogP contribution in [0.3, 0.4) is 0 Å². The molecule has 0 atom stereocenters. The summed E-state index contributed by atoms with van der Waals surface area (Å²) in [6.45, 7) is 4.43. The first-order valence-corrected chi connectivity index (χ1v) is 13.3. The van der Waals surface area contributed by atoms with Gasteiger partial charge in [-0.25, -0.2) is 0 Å². The zero-order valence-corrected chi connectivity index (χ0v) is 22.0. The fraction of sp³-hybridized carbons (Fsp3) is 0.300. The highest BCUT2D eigenvalue weighted by Crippen LogP contribution is 2.29. The van der Waals surface area contributed by atoms with Crippen LogP contribution >= 0.6 is 23.2 Å². The summed E-state index contributed by atoms with van der Waals surface area (Å²) in [6.07, 6.45) is 5.14. The average molecular weight is 521 g/mol. The Labute approximate surface area is 222 Å². The molecule has 6 heteroatoms. The number of benzene rings is 3. The van der Waals surface area contributed by atoms with Crippen molar-refractivity contribution in [3.05, 3.63) is 105 Å². The van der Waals surface area contributed by atoms with E-state index in [4.69, 9.17) is 23.2 Å². The SMILES string of the molecule is Cc1ccc(CN(CC(=O)N(CCc2c[nH]c3ccccc23)Cc2ccc(Cl)c(Cl)c2)C2CC2)cc1. The van der Waals surface area contributed by atoms with Gasteiger partial charge in [0, 0.05) is 42.8 Å². The van der Waals surface area contributed by atoms with Crippen molar-refractivity contribution in [2.24, 2.45) is 0 Å². The van der Waals surface area contributed by atoms with E-state index in [1.165, 1.54) is 22.1 Å². The Balaban J connectivity index is 1.33. The van der Waals surface area contributed by atoms with Gasteiger partial charge >= 0.3 is 0 Å². The van der Waals surface area contributed by atoms with Crippen LogP contribution in [0.5, 0.6) is 0 Å². The van der Waals surface area contributed by atoms with Crippen LogP contribution in [0.1, 0.15) is 35.1 Å². The van der Waals surface area contributed by atoms with Gasteiger partial charge in [-0.05, 0) is 61.1 Å². The minimum atomic E-state index is 0.139. The van der Waals surface area contributed by atoms with Crippen LogP contribution in [0.2, 0.25) is 10.0 Å². The highest BCUT2D eigenvalue weighted by Gasteiger charge is 2.31. The van der Waals surface area contributed by atoms with E-state index in [2.05, 4.69) is 65.5 Å². The lowest BCUT2D eigenvalue weighted by molar-refractivity contribution is -0.133. The first kappa shape index (κ1) is 24.9. The number of aromatic nitrogens is 1. The smallest absolute Gasteiger partial charge is 0.237 e. The molecular weight excluding hydrogens is 489 g/mol. The van der Waals surface area contributed by atoms with Gasteiger partial charge in [0.15, 0.2) is 0 Å². The number of para-hydroxylation sites is 1. The summed E-state index contributed by atoms with van der Waals surface area (Å²) in [5.74, 6) is 0.139. The summed E-state index contributed by atoms with van der Waals surface area (Å²) in [4.78, 5) is 21.4. The normalized spacial score (nSPS) is 13.4. The monoisotopic (exact) mass is 519 g/mol. The number of hydrogen-bond acceptors (Lipinski definition) is 2. The quantitative estimate of drug-likeness (QED) is 0.244. The molecule has 4 nitrogen and oxygen atoms in total. The number of carbonyl (C=O) groups is 1. The summed E-state index contributed by atoms with van der Waals surface area (Å²) in [5.41, 5.74) is 5.81. The molecule has 0 aliphatic heterocycles. The van der Waals surface area contributed by atoms with Gasteiger partial charge < -0.3 is 9.88 Å². The van der Waals surface area contributed by atoms with Gasteiger partial charge in [-0.15, -0.1) is 0 Å². The van der Waals surface area contributed by atoms with Gasteiger partial charge in [0.05, 0.1) is 16.6 Å². The Morgan fingerprint density at radius 3 is 2.44 bits per heavy atom. The molecule has 0 radical (unpaired) electrons. The maximum Gasteiger partial charge on any atom is 0.237 e. The number of rotatable bonds is 10. The number of fused-ring (bicyclic) bond motifs is 1. The molecule has 0 spiro atoms. The molecule has 1 N–H and O–H groups in total. The lowest BCUT2D eigenvalue weighted by atomic mass is 10.1.